The second-order valence-electron chi connectivity index (χ2n) is 6.37. The lowest BCUT2D eigenvalue weighted by molar-refractivity contribution is -0.140. The number of likely N-dealkylation sites (tertiary alicyclic amines) is 1. The van der Waals surface area contributed by atoms with Crippen molar-refractivity contribution in [1.29, 1.82) is 0 Å². The zero-order valence-electron chi connectivity index (χ0n) is 14.4. The summed E-state index contributed by atoms with van der Waals surface area (Å²) in [5.41, 5.74) is 11.0. The highest BCUT2D eigenvalue weighted by Gasteiger charge is 2.35. The summed E-state index contributed by atoms with van der Waals surface area (Å²) in [6.07, 6.45) is 1.23. The molecule has 0 bridgehead atoms. The average molecular weight is 341 g/mol. The number of amides is 4. The van der Waals surface area contributed by atoms with Crippen LogP contribution in [0.2, 0.25) is 0 Å². The second-order valence-corrected chi connectivity index (χ2v) is 6.37. The number of carbonyl (C=O) groups excluding carboxylic acids is 4. The fourth-order valence-corrected chi connectivity index (χ4v) is 2.52. The summed E-state index contributed by atoms with van der Waals surface area (Å²) in [5.74, 6) is -1.89. The van der Waals surface area contributed by atoms with Crippen molar-refractivity contribution < 1.29 is 19.2 Å². The first-order valence-corrected chi connectivity index (χ1v) is 8.07. The minimum atomic E-state index is -0.812. The Hall–Kier alpha value is -2.16. The predicted octanol–water partition coefficient (Wildman–Crippen LogP) is -1.93. The maximum absolute atomic E-state index is 12.3. The van der Waals surface area contributed by atoms with Crippen molar-refractivity contribution in [3.8, 4) is 0 Å². The predicted molar refractivity (Wildman–Crippen MR) is 87.4 cm³/mol. The Kier molecular flexibility index (Phi) is 7.15. The molecule has 0 aromatic carbocycles. The van der Waals surface area contributed by atoms with Gasteiger partial charge in [0, 0.05) is 6.54 Å². The van der Waals surface area contributed by atoms with Crippen LogP contribution in [0.4, 0.5) is 0 Å². The summed E-state index contributed by atoms with van der Waals surface area (Å²) in [7, 11) is 0. The van der Waals surface area contributed by atoms with E-state index in [-0.39, 0.29) is 18.4 Å². The first-order chi connectivity index (χ1) is 11.1. The van der Waals surface area contributed by atoms with E-state index in [1.165, 1.54) is 11.8 Å². The van der Waals surface area contributed by atoms with Crippen LogP contribution in [0.15, 0.2) is 0 Å². The molecule has 1 rings (SSSR count). The summed E-state index contributed by atoms with van der Waals surface area (Å²) in [4.78, 5) is 48.6. The van der Waals surface area contributed by atoms with Crippen molar-refractivity contribution in [3.63, 3.8) is 0 Å². The summed E-state index contributed by atoms with van der Waals surface area (Å²) in [6, 6.07) is -2.13. The lowest BCUT2D eigenvalue weighted by Gasteiger charge is -2.26. The van der Waals surface area contributed by atoms with E-state index in [4.69, 9.17) is 11.5 Å². The molecule has 0 saturated carbocycles. The molecule has 1 heterocycles. The van der Waals surface area contributed by atoms with Crippen LogP contribution in [0.25, 0.3) is 0 Å². The smallest absolute Gasteiger partial charge is 0.245 e. The highest BCUT2D eigenvalue weighted by atomic mass is 16.2. The van der Waals surface area contributed by atoms with Gasteiger partial charge in [0.25, 0.3) is 0 Å². The van der Waals surface area contributed by atoms with E-state index in [0.717, 1.165) is 0 Å². The molecule has 24 heavy (non-hydrogen) atoms. The molecule has 9 nitrogen and oxygen atoms in total. The van der Waals surface area contributed by atoms with Gasteiger partial charge in [-0.1, -0.05) is 13.8 Å². The number of nitrogens with zero attached hydrogens (tertiary/aromatic N) is 1. The van der Waals surface area contributed by atoms with E-state index < -0.39 is 35.8 Å². The molecular weight excluding hydrogens is 314 g/mol. The number of carbonyl (C=O) groups is 4. The standard InChI is InChI=1S/C15H27N5O4/c1-8(2)12(16)14(23)18-7-11(21)19-9(3)15(24)20-6-4-5-10(20)13(17)22/h8-10,12H,4-7,16H2,1-3H3,(H2,17,22)(H,18,23)(H,19,21). The third kappa shape index (κ3) is 5.19. The van der Waals surface area contributed by atoms with Crippen LogP contribution in [0.3, 0.4) is 0 Å². The molecule has 1 fully saturated rings. The normalized spacial score (nSPS) is 19.7. The van der Waals surface area contributed by atoms with E-state index in [0.29, 0.717) is 19.4 Å². The van der Waals surface area contributed by atoms with Gasteiger partial charge in [0.1, 0.15) is 12.1 Å². The number of nitrogens with two attached hydrogens (primary N) is 2. The Morgan fingerprint density at radius 2 is 1.83 bits per heavy atom. The molecule has 1 aliphatic rings. The molecule has 0 aromatic rings. The summed E-state index contributed by atoms with van der Waals surface area (Å²) in [5, 5.41) is 4.93. The topological polar surface area (TPSA) is 148 Å². The summed E-state index contributed by atoms with van der Waals surface area (Å²) >= 11 is 0. The van der Waals surface area contributed by atoms with E-state index >= 15 is 0 Å². The van der Waals surface area contributed by atoms with Gasteiger partial charge in [-0.25, -0.2) is 0 Å². The zero-order chi connectivity index (χ0) is 18.4. The van der Waals surface area contributed by atoms with Crippen molar-refractivity contribution >= 4 is 23.6 Å². The fraction of sp³-hybridized carbons (Fsp3) is 0.733. The van der Waals surface area contributed by atoms with Crippen LogP contribution in [0.1, 0.15) is 33.6 Å². The van der Waals surface area contributed by atoms with Crippen LogP contribution in [-0.4, -0.2) is 59.7 Å². The molecule has 136 valence electrons. The fourth-order valence-electron chi connectivity index (χ4n) is 2.52. The summed E-state index contributed by atoms with van der Waals surface area (Å²) in [6.45, 7) is 5.30. The third-order valence-electron chi connectivity index (χ3n) is 4.06. The maximum Gasteiger partial charge on any atom is 0.245 e. The van der Waals surface area contributed by atoms with Crippen LogP contribution in [-0.2, 0) is 19.2 Å². The van der Waals surface area contributed by atoms with Gasteiger partial charge in [0.2, 0.25) is 23.6 Å². The largest absolute Gasteiger partial charge is 0.368 e. The van der Waals surface area contributed by atoms with Gasteiger partial charge in [-0.3, -0.25) is 19.2 Å². The Morgan fingerprint density at radius 3 is 2.38 bits per heavy atom. The van der Waals surface area contributed by atoms with Crippen molar-refractivity contribution in [2.75, 3.05) is 13.1 Å². The van der Waals surface area contributed by atoms with Gasteiger partial charge in [-0.05, 0) is 25.7 Å². The molecule has 9 heteroatoms. The van der Waals surface area contributed by atoms with Crippen molar-refractivity contribution in [2.24, 2.45) is 17.4 Å². The van der Waals surface area contributed by atoms with Gasteiger partial charge < -0.3 is 27.0 Å². The van der Waals surface area contributed by atoms with Gasteiger partial charge in [-0.2, -0.15) is 0 Å². The minimum Gasteiger partial charge on any atom is -0.368 e. The molecule has 3 unspecified atom stereocenters. The molecule has 1 saturated heterocycles. The average Bonchev–Trinajstić information content (AvgIpc) is 3.00. The maximum atomic E-state index is 12.3. The van der Waals surface area contributed by atoms with E-state index in [1.54, 1.807) is 13.8 Å². The third-order valence-corrected chi connectivity index (χ3v) is 4.06. The molecule has 0 spiro atoms. The van der Waals surface area contributed by atoms with E-state index in [2.05, 4.69) is 10.6 Å². The molecule has 0 radical (unpaired) electrons. The van der Waals surface area contributed by atoms with Crippen molar-refractivity contribution in [2.45, 2.75) is 51.7 Å². The number of nitrogens with one attached hydrogen (secondary N) is 2. The number of hydrogen-bond acceptors (Lipinski definition) is 5. The number of rotatable bonds is 7. The lowest BCUT2D eigenvalue weighted by Crippen LogP contribution is -2.53. The highest BCUT2D eigenvalue weighted by Crippen LogP contribution is 2.17. The molecule has 1 aliphatic heterocycles. The minimum absolute atomic E-state index is 0.0468. The lowest BCUT2D eigenvalue weighted by atomic mass is 10.1. The Bertz CT molecular complexity index is 508. The van der Waals surface area contributed by atoms with Crippen LogP contribution in [0, 0.1) is 5.92 Å². The van der Waals surface area contributed by atoms with E-state index in [1.807, 2.05) is 0 Å². The van der Waals surface area contributed by atoms with Crippen LogP contribution < -0.4 is 22.1 Å². The first kappa shape index (κ1) is 19.9. The SMILES string of the molecule is CC(NC(=O)CNC(=O)C(N)C(C)C)C(=O)N1CCCC1C(N)=O. The van der Waals surface area contributed by atoms with Crippen LogP contribution >= 0.6 is 0 Å². The first-order valence-electron chi connectivity index (χ1n) is 8.07. The molecule has 6 N–H and O–H groups in total. The quantitative estimate of drug-likeness (QED) is 0.425. The van der Waals surface area contributed by atoms with Gasteiger partial charge in [-0.15, -0.1) is 0 Å². The Balaban J connectivity index is 2.47. The Morgan fingerprint density at radius 1 is 1.21 bits per heavy atom. The number of primary amides is 1. The molecule has 4 amide bonds. The second kappa shape index (κ2) is 8.62. The van der Waals surface area contributed by atoms with Crippen LogP contribution in [0.5, 0.6) is 0 Å². The van der Waals surface area contributed by atoms with Crippen molar-refractivity contribution in [3.05, 3.63) is 0 Å². The van der Waals surface area contributed by atoms with Gasteiger partial charge in [0.05, 0.1) is 12.6 Å². The highest BCUT2D eigenvalue weighted by molar-refractivity contribution is 5.93. The monoisotopic (exact) mass is 341 g/mol. The summed E-state index contributed by atoms with van der Waals surface area (Å²) < 4.78 is 0. The van der Waals surface area contributed by atoms with E-state index in [9.17, 15) is 19.2 Å². The number of hydrogen-bond donors (Lipinski definition) is 4. The Labute approximate surface area is 141 Å². The molecule has 0 aliphatic carbocycles. The molecular formula is C15H27N5O4. The van der Waals surface area contributed by atoms with Crippen molar-refractivity contribution in [1.82, 2.24) is 15.5 Å². The molecule has 0 aromatic heterocycles. The molecule has 3 atom stereocenters. The van der Waals surface area contributed by atoms with Gasteiger partial charge >= 0.3 is 0 Å². The van der Waals surface area contributed by atoms with Gasteiger partial charge in [0.15, 0.2) is 0 Å². The zero-order valence-corrected chi connectivity index (χ0v) is 14.4.